The maximum absolute atomic E-state index is 14.4. The van der Waals surface area contributed by atoms with Crippen LogP contribution in [-0.4, -0.2) is 75.4 Å². The summed E-state index contributed by atoms with van der Waals surface area (Å²) in [6, 6.07) is 50.6. The fourth-order valence-corrected chi connectivity index (χ4v) is 11.0. The number of carbonyl (C=O) groups is 5. The highest BCUT2D eigenvalue weighted by atomic mass is 32.2. The highest BCUT2D eigenvalue weighted by Gasteiger charge is 2.35. The van der Waals surface area contributed by atoms with Crippen molar-refractivity contribution >= 4 is 81.3 Å². The molecular formula is C64H51N5O13S2. The number of anilines is 1. The Labute approximate surface area is 490 Å². The standard InChI is InChI=1S/C64H51N5O13S2/c1-38-9-5-6-10-52(38)62(73)44-19-29-49(30-20-44)84-51-33-23-46(24-34-51)64(75)60(66-82-41(4)71)54-12-8-14-56(69(78)79)58(54)57-37-67(35-36-80-57)47-25-15-42(16-26-47)61(72)43-17-27-48(28-18-43)83-50-31-21-45(22-32-50)63(74)59(65-81-40(3)70)53-11-7-13-55(39(53)2)68(76)77/h5-34,57,63,74H,35-37H2,1-4H3/b65-59-,66-60-. The molecule has 1 N–H and O–H groups in total. The molecule has 9 rings (SSSR count). The number of ether oxygens (including phenoxy) is 1. The summed E-state index contributed by atoms with van der Waals surface area (Å²) in [4.78, 5) is 104. The van der Waals surface area contributed by atoms with Crippen molar-refractivity contribution in [3.63, 3.8) is 0 Å². The first kappa shape index (κ1) is 58.9. The monoisotopic (exact) mass is 1160 g/mol. The molecule has 8 aromatic carbocycles. The van der Waals surface area contributed by atoms with Crippen LogP contribution in [0.1, 0.15) is 102 Å². The van der Waals surface area contributed by atoms with Crippen molar-refractivity contribution in [3.8, 4) is 0 Å². The van der Waals surface area contributed by atoms with Crippen LogP contribution >= 0.6 is 23.5 Å². The normalized spacial score (nSPS) is 13.8. The first-order chi connectivity index (χ1) is 40.4. The number of benzene rings is 8. The van der Waals surface area contributed by atoms with Crippen LogP contribution in [0.2, 0.25) is 0 Å². The summed E-state index contributed by atoms with van der Waals surface area (Å²) in [5.41, 5.74) is 3.78. The summed E-state index contributed by atoms with van der Waals surface area (Å²) in [5, 5.41) is 43.6. The molecule has 20 heteroatoms. The Kier molecular flexibility index (Phi) is 18.6. The maximum atomic E-state index is 14.4. The quantitative estimate of drug-likeness (QED) is 0.0245. The van der Waals surface area contributed by atoms with Gasteiger partial charge in [-0.3, -0.25) is 34.6 Å². The minimum absolute atomic E-state index is 0.0369. The van der Waals surface area contributed by atoms with E-state index in [4.69, 9.17) is 14.4 Å². The van der Waals surface area contributed by atoms with Gasteiger partial charge in [0, 0.05) is 109 Å². The van der Waals surface area contributed by atoms with Crippen molar-refractivity contribution < 1.29 is 53.3 Å². The molecule has 84 heavy (non-hydrogen) atoms. The Morgan fingerprint density at radius 3 is 1.61 bits per heavy atom. The molecule has 422 valence electrons. The number of Topliss-reactive ketones (excluding diaryl/α,β-unsaturated/α-hetero) is 1. The first-order valence-corrected chi connectivity index (χ1v) is 27.7. The van der Waals surface area contributed by atoms with Crippen molar-refractivity contribution in [2.45, 2.75) is 59.5 Å². The number of oxime groups is 2. The fraction of sp³-hybridized carbons (Fsp3) is 0.141. The van der Waals surface area contributed by atoms with E-state index in [1.807, 2.05) is 42.2 Å². The molecule has 2 unspecified atom stereocenters. The lowest BCUT2D eigenvalue weighted by atomic mass is 9.92. The smallest absolute Gasteiger partial charge is 0.332 e. The van der Waals surface area contributed by atoms with Gasteiger partial charge < -0.3 is 24.4 Å². The lowest BCUT2D eigenvalue weighted by Crippen LogP contribution is -2.39. The summed E-state index contributed by atoms with van der Waals surface area (Å²) in [6.07, 6.45) is -2.37. The highest BCUT2D eigenvalue weighted by molar-refractivity contribution is 7.99. The van der Waals surface area contributed by atoms with Gasteiger partial charge in [-0.1, -0.05) is 94.5 Å². The lowest BCUT2D eigenvalue weighted by molar-refractivity contribution is -0.386. The number of rotatable bonds is 20. The Morgan fingerprint density at radius 1 is 0.583 bits per heavy atom. The van der Waals surface area contributed by atoms with Gasteiger partial charge in [0.05, 0.1) is 22.0 Å². The number of hydrogen-bond acceptors (Lipinski definition) is 18. The zero-order valence-electron chi connectivity index (χ0n) is 45.5. The van der Waals surface area contributed by atoms with Crippen molar-refractivity contribution in [3.05, 3.63) is 263 Å². The third-order valence-corrected chi connectivity index (χ3v) is 15.6. The van der Waals surface area contributed by atoms with Gasteiger partial charge in [0.15, 0.2) is 17.3 Å². The van der Waals surface area contributed by atoms with Crippen LogP contribution in [0.4, 0.5) is 17.1 Å². The summed E-state index contributed by atoms with van der Waals surface area (Å²) < 4.78 is 6.22. The van der Waals surface area contributed by atoms with E-state index in [1.165, 1.54) is 60.8 Å². The van der Waals surface area contributed by atoms with Crippen LogP contribution in [0.3, 0.4) is 0 Å². The second kappa shape index (κ2) is 26.5. The number of carbonyl (C=O) groups excluding carboxylic acids is 5. The van der Waals surface area contributed by atoms with Crippen molar-refractivity contribution in [1.29, 1.82) is 0 Å². The number of nitrogens with zero attached hydrogens (tertiary/aromatic N) is 5. The number of nitro groups is 2. The van der Waals surface area contributed by atoms with Gasteiger partial charge in [0.2, 0.25) is 5.78 Å². The van der Waals surface area contributed by atoms with E-state index in [0.29, 0.717) is 40.0 Å². The molecule has 0 amide bonds. The third-order valence-electron chi connectivity index (χ3n) is 13.6. The largest absolute Gasteiger partial charge is 0.382 e. The minimum atomic E-state index is -1.40. The predicted octanol–water partition coefficient (Wildman–Crippen LogP) is 12.6. The van der Waals surface area contributed by atoms with E-state index >= 15 is 0 Å². The average Bonchev–Trinajstić information content (AvgIpc) is 3.62. The second-order valence-corrected chi connectivity index (χ2v) is 21.5. The molecule has 0 spiro atoms. The van der Waals surface area contributed by atoms with E-state index in [1.54, 1.807) is 121 Å². The number of hydrogen-bond donors (Lipinski definition) is 1. The number of morpholine rings is 1. The molecule has 0 saturated carbocycles. The average molecular weight is 1160 g/mol. The molecule has 0 radical (unpaired) electrons. The maximum Gasteiger partial charge on any atom is 0.332 e. The molecule has 1 saturated heterocycles. The van der Waals surface area contributed by atoms with E-state index in [-0.39, 0.29) is 75.3 Å². The topological polar surface area (TPSA) is 248 Å². The highest BCUT2D eigenvalue weighted by Crippen LogP contribution is 2.37. The molecule has 0 aliphatic carbocycles. The summed E-state index contributed by atoms with van der Waals surface area (Å²) >= 11 is 2.82. The Hall–Kier alpha value is -9.73. The van der Waals surface area contributed by atoms with Crippen LogP contribution in [0, 0.1) is 34.1 Å². The molecule has 2 atom stereocenters. The first-order valence-electron chi connectivity index (χ1n) is 26.1. The van der Waals surface area contributed by atoms with E-state index in [2.05, 4.69) is 10.3 Å². The minimum Gasteiger partial charge on any atom is -0.382 e. The number of aliphatic hydroxyl groups is 1. The summed E-state index contributed by atoms with van der Waals surface area (Å²) in [5.74, 6) is -2.53. The number of aryl methyl sites for hydroxylation is 1. The Morgan fingerprint density at radius 2 is 1.06 bits per heavy atom. The lowest BCUT2D eigenvalue weighted by Gasteiger charge is -2.35. The SMILES string of the molecule is CC(=O)O/N=C(\C(=O)c1ccc(Sc2ccc(C(=O)c3ccccc3C)cc2)cc1)c1cccc([N+](=O)[O-])c1C1CN(c2ccc(C(=O)c3ccc(Sc4ccc(C(O)/C(=N\OC(C)=O)c5cccc([N+](=O)[O-])c5C)cc4)cc3)cc2)CCO1. The Balaban J connectivity index is 0.865. The van der Waals surface area contributed by atoms with Gasteiger partial charge in [-0.2, -0.15) is 0 Å². The zero-order chi connectivity index (χ0) is 59.6. The predicted molar refractivity (Wildman–Crippen MR) is 316 cm³/mol. The molecule has 1 fully saturated rings. The number of ketones is 3. The van der Waals surface area contributed by atoms with Crippen LogP contribution < -0.4 is 4.90 Å². The molecule has 0 bridgehead atoms. The molecule has 1 heterocycles. The van der Waals surface area contributed by atoms with E-state index < -0.39 is 39.8 Å². The number of aliphatic hydroxyl groups excluding tert-OH is 1. The molecule has 0 aromatic heterocycles. The Bertz CT molecular complexity index is 3910. The van der Waals surface area contributed by atoms with Crippen molar-refractivity contribution in [2.75, 3.05) is 24.6 Å². The zero-order valence-corrected chi connectivity index (χ0v) is 47.1. The fourth-order valence-electron chi connectivity index (χ4n) is 9.38. The molecule has 1 aliphatic rings. The van der Waals surface area contributed by atoms with Gasteiger partial charge in [-0.05, 0) is 134 Å². The van der Waals surface area contributed by atoms with Gasteiger partial charge in [-0.15, -0.1) is 0 Å². The van der Waals surface area contributed by atoms with Crippen molar-refractivity contribution in [1.82, 2.24) is 0 Å². The van der Waals surface area contributed by atoms with E-state index in [9.17, 15) is 49.3 Å². The van der Waals surface area contributed by atoms with Crippen LogP contribution in [-0.2, 0) is 24.0 Å². The number of nitro benzene ring substituents is 2. The van der Waals surface area contributed by atoms with Gasteiger partial charge in [0.1, 0.15) is 17.9 Å². The molecule has 18 nitrogen and oxygen atoms in total. The second-order valence-electron chi connectivity index (χ2n) is 19.2. The van der Waals surface area contributed by atoms with Crippen molar-refractivity contribution in [2.24, 2.45) is 10.3 Å². The summed E-state index contributed by atoms with van der Waals surface area (Å²) in [6.45, 7) is 6.30. The third kappa shape index (κ3) is 13.8. The van der Waals surface area contributed by atoms with E-state index in [0.717, 1.165) is 39.0 Å². The van der Waals surface area contributed by atoms with Gasteiger partial charge in [-0.25, -0.2) is 9.59 Å². The van der Waals surface area contributed by atoms with Crippen LogP contribution in [0.5, 0.6) is 0 Å². The molecule has 8 aromatic rings. The summed E-state index contributed by atoms with van der Waals surface area (Å²) in [7, 11) is 0. The molecule has 1 aliphatic heterocycles. The van der Waals surface area contributed by atoms with Gasteiger partial charge in [0.25, 0.3) is 11.4 Å². The van der Waals surface area contributed by atoms with Crippen LogP contribution in [0.15, 0.2) is 212 Å². The van der Waals surface area contributed by atoms with Gasteiger partial charge >= 0.3 is 11.9 Å². The molecular weight excluding hydrogens is 1110 g/mol. The van der Waals surface area contributed by atoms with Crippen LogP contribution in [0.25, 0.3) is 0 Å².